The molecule has 0 saturated heterocycles. The van der Waals surface area contributed by atoms with E-state index in [0.717, 1.165) is 24.8 Å². The number of hydrogen-bond donors (Lipinski definition) is 1. The first kappa shape index (κ1) is 21.0. The van der Waals surface area contributed by atoms with Crippen molar-refractivity contribution in [2.45, 2.75) is 77.7 Å². The highest BCUT2D eigenvalue weighted by Gasteiger charge is 2.07. The molecule has 0 spiro atoms. The van der Waals surface area contributed by atoms with Crippen molar-refractivity contribution in [1.29, 1.82) is 0 Å². The Balaban J connectivity index is 1.93. The molecule has 0 aliphatic heterocycles. The molecule has 0 fully saturated rings. The highest BCUT2D eigenvalue weighted by Crippen LogP contribution is 2.10. The van der Waals surface area contributed by atoms with Crippen LogP contribution in [0.4, 0.5) is 4.79 Å². The van der Waals surface area contributed by atoms with Crippen molar-refractivity contribution in [1.82, 2.24) is 5.48 Å². The van der Waals surface area contributed by atoms with E-state index in [-0.39, 0.29) is 6.61 Å². The van der Waals surface area contributed by atoms with Gasteiger partial charge in [-0.25, -0.2) is 9.59 Å². The molecule has 0 saturated carbocycles. The molecule has 25 heavy (non-hydrogen) atoms. The van der Waals surface area contributed by atoms with E-state index in [9.17, 15) is 9.59 Å². The fourth-order valence-corrected chi connectivity index (χ4v) is 2.48. The monoisotopic (exact) mass is 349 g/mol. The maximum atomic E-state index is 11.5. The molecule has 1 amide bonds. The normalized spacial score (nSPS) is 10.3. The van der Waals surface area contributed by atoms with E-state index in [1.54, 1.807) is 0 Å². The Kier molecular flexibility index (Phi) is 12.0. The Hall–Kier alpha value is -2.04. The average Bonchev–Trinajstić information content (AvgIpc) is 2.64. The average molecular weight is 349 g/mol. The lowest BCUT2D eigenvalue weighted by atomic mass is 10.1. The fourth-order valence-electron chi connectivity index (χ4n) is 2.48. The lowest BCUT2D eigenvalue weighted by Gasteiger charge is -2.07. The number of hydrogen-bond acceptors (Lipinski definition) is 4. The Morgan fingerprint density at radius 3 is 2.12 bits per heavy atom. The molecule has 0 aliphatic carbocycles. The van der Waals surface area contributed by atoms with E-state index in [1.807, 2.05) is 35.8 Å². The maximum Gasteiger partial charge on any atom is 0.441 e. The van der Waals surface area contributed by atoms with E-state index in [2.05, 4.69) is 6.92 Å². The largest absolute Gasteiger partial charge is 0.443 e. The fraction of sp³-hybridized carbons (Fsp3) is 0.600. The molecule has 1 rings (SSSR count). The van der Waals surface area contributed by atoms with Gasteiger partial charge in [0.2, 0.25) is 0 Å². The zero-order valence-corrected chi connectivity index (χ0v) is 15.3. The topological polar surface area (TPSA) is 64.6 Å². The summed E-state index contributed by atoms with van der Waals surface area (Å²) in [6.45, 7) is 2.36. The number of amides is 1. The Bertz CT molecular complexity index is 476. The molecule has 1 aromatic rings. The van der Waals surface area contributed by atoms with Crippen molar-refractivity contribution in [2.24, 2.45) is 0 Å². The number of carbonyl (C=O) groups is 2. The van der Waals surface area contributed by atoms with E-state index in [1.165, 1.54) is 38.5 Å². The highest BCUT2D eigenvalue weighted by atomic mass is 16.7. The molecule has 0 radical (unpaired) electrons. The van der Waals surface area contributed by atoms with Gasteiger partial charge in [-0.1, -0.05) is 88.6 Å². The molecule has 0 unspecified atom stereocenters. The standard InChI is InChI=1S/C20H31NO4/c1-2-3-4-5-6-7-8-9-13-16-19(22)25-21-20(23)24-17-18-14-11-10-12-15-18/h10-12,14-15H,2-9,13,16-17H2,1H3,(H,21,23). The summed E-state index contributed by atoms with van der Waals surface area (Å²) in [7, 11) is 0. The van der Waals surface area contributed by atoms with E-state index in [4.69, 9.17) is 9.57 Å². The van der Waals surface area contributed by atoms with Gasteiger partial charge < -0.3 is 9.57 Å². The minimum Gasteiger partial charge on any atom is -0.443 e. The molecular weight excluding hydrogens is 318 g/mol. The summed E-state index contributed by atoms with van der Waals surface area (Å²) < 4.78 is 4.95. The van der Waals surface area contributed by atoms with Crippen molar-refractivity contribution in [2.75, 3.05) is 0 Å². The zero-order valence-electron chi connectivity index (χ0n) is 15.3. The molecule has 1 aromatic carbocycles. The third-order valence-corrected chi connectivity index (χ3v) is 3.95. The van der Waals surface area contributed by atoms with Gasteiger partial charge in [-0.2, -0.15) is 0 Å². The molecule has 0 aromatic heterocycles. The van der Waals surface area contributed by atoms with Gasteiger partial charge in [0.05, 0.1) is 0 Å². The molecule has 0 heterocycles. The van der Waals surface area contributed by atoms with Crippen molar-refractivity contribution in [3.63, 3.8) is 0 Å². The van der Waals surface area contributed by atoms with Crippen LogP contribution in [0.1, 0.15) is 76.7 Å². The van der Waals surface area contributed by atoms with Crippen LogP contribution < -0.4 is 5.48 Å². The number of unbranched alkanes of at least 4 members (excludes halogenated alkanes) is 8. The predicted octanol–water partition coefficient (Wildman–Crippen LogP) is 5.29. The minimum atomic E-state index is -0.760. The van der Waals surface area contributed by atoms with Gasteiger partial charge in [-0.3, -0.25) is 0 Å². The maximum absolute atomic E-state index is 11.5. The lowest BCUT2D eigenvalue weighted by molar-refractivity contribution is -0.150. The molecule has 5 nitrogen and oxygen atoms in total. The first-order valence-corrected chi connectivity index (χ1v) is 9.38. The molecule has 0 bridgehead atoms. The number of rotatable bonds is 12. The Morgan fingerprint density at radius 1 is 0.880 bits per heavy atom. The first-order chi connectivity index (χ1) is 12.2. The third kappa shape index (κ3) is 12.0. The number of hydroxylamine groups is 1. The minimum absolute atomic E-state index is 0.141. The molecule has 0 aliphatic rings. The van der Waals surface area contributed by atoms with Gasteiger partial charge in [0.1, 0.15) is 6.61 Å². The van der Waals surface area contributed by atoms with Crippen molar-refractivity contribution in [3.05, 3.63) is 35.9 Å². The van der Waals surface area contributed by atoms with E-state index < -0.39 is 12.1 Å². The summed E-state index contributed by atoms with van der Waals surface area (Å²) in [6.07, 6.45) is 10.2. The summed E-state index contributed by atoms with van der Waals surface area (Å²) in [5.41, 5.74) is 2.90. The number of carbonyl (C=O) groups excluding carboxylic acids is 2. The van der Waals surface area contributed by atoms with Gasteiger partial charge >= 0.3 is 12.1 Å². The number of ether oxygens (including phenoxy) is 1. The third-order valence-electron chi connectivity index (χ3n) is 3.95. The van der Waals surface area contributed by atoms with Crippen LogP contribution in [0.15, 0.2) is 30.3 Å². The highest BCUT2D eigenvalue weighted by molar-refractivity contribution is 5.73. The molecule has 1 N–H and O–H groups in total. The van der Waals surface area contributed by atoms with Crippen molar-refractivity contribution >= 4 is 12.1 Å². The van der Waals surface area contributed by atoms with Gasteiger partial charge in [-0.05, 0) is 12.0 Å². The second-order valence-electron chi connectivity index (χ2n) is 6.22. The first-order valence-electron chi connectivity index (χ1n) is 9.38. The van der Waals surface area contributed by atoms with Crippen molar-refractivity contribution < 1.29 is 19.2 Å². The van der Waals surface area contributed by atoms with Crippen LogP contribution in [0.2, 0.25) is 0 Å². The molecule has 0 atom stereocenters. The van der Waals surface area contributed by atoms with E-state index >= 15 is 0 Å². The van der Waals surface area contributed by atoms with Crippen molar-refractivity contribution in [3.8, 4) is 0 Å². The predicted molar refractivity (Wildman–Crippen MR) is 97.7 cm³/mol. The van der Waals surface area contributed by atoms with Crippen LogP contribution in [0.25, 0.3) is 0 Å². The van der Waals surface area contributed by atoms with Gasteiger partial charge in [0.15, 0.2) is 0 Å². The quantitative estimate of drug-likeness (QED) is 0.411. The molecular formula is C20H31NO4. The summed E-state index contributed by atoms with van der Waals surface area (Å²) in [5, 5.41) is 0. The Labute approximate surface area is 151 Å². The van der Waals surface area contributed by atoms with Crippen LogP contribution in [-0.2, 0) is 21.0 Å². The molecule has 140 valence electrons. The van der Waals surface area contributed by atoms with Gasteiger partial charge in [-0.15, -0.1) is 5.48 Å². The summed E-state index contributed by atoms with van der Waals surface area (Å²) in [5.74, 6) is -0.431. The van der Waals surface area contributed by atoms with Crippen LogP contribution in [0.5, 0.6) is 0 Å². The summed E-state index contributed by atoms with van der Waals surface area (Å²) in [4.78, 5) is 27.7. The second kappa shape index (κ2) is 14.3. The smallest absolute Gasteiger partial charge is 0.441 e. The lowest BCUT2D eigenvalue weighted by Crippen LogP contribution is -2.27. The van der Waals surface area contributed by atoms with Crippen LogP contribution >= 0.6 is 0 Å². The number of nitrogens with one attached hydrogen (secondary N) is 1. The second-order valence-corrected chi connectivity index (χ2v) is 6.22. The van der Waals surface area contributed by atoms with Crippen LogP contribution in [0.3, 0.4) is 0 Å². The van der Waals surface area contributed by atoms with Gasteiger partial charge in [0.25, 0.3) is 0 Å². The van der Waals surface area contributed by atoms with Crippen LogP contribution in [0, 0.1) is 0 Å². The summed E-state index contributed by atoms with van der Waals surface area (Å²) >= 11 is 0. The van der Waals surface area contributed by atoms with Crippen LogP contribution in [-0.4, -0.2) is 12.1 Å². The zero-order chi connectivity index (χ0) is 18.2. The number of benzene rings is 1. The SMILES string of the molecule is CCCCCCCCCCCC(=O)ONC(=O)OCc1ccccc1. The van der Waals surface area contributed by atoms with E-state index in [0.29, 0.717) is 6.42 Å². The van der Waals surface area contributed by atoms with Gasteiger partial charge in [0, 0.05) is 6.42 Å². The Morgan fingerprint density at radius 2 is 1.48 bits per heavy atom. The summed E-state index contributed by atoms with van der Waals surface area (Å²) in [6, 6.07) is 9.31. The molecule has 5 heteroatoms.